The van der Waals surface area contributed by atoms with Gasteiger partial charge in [0.25, 0.3) is 0 Å². The van der Waals surface area contributed by atoms with Gasteiger partial charge in [-0.25, -0.2) is 0 Å². The summed E-state index contributed by atoms with van der Waals surface area (Å²) in [5.41, 5.74) is 0.285. The molecule has 1 aliphatic heterocycles. The summed E-state index contributed by atoms with van der Waals surface area (Å²) in [6.07, 6.45) is 5.72. The van der Waals surface area contributed by atoms with Crippen LogP contribution in [0.5, 0.6) is 0 Å². The van der Waals surface area contributed by atoms with Gasteiger partial charge in [0.05, 0.1) is 6.10 Å². The Balaban J connectivity index is 2.39. The molecule has 0 aromatic heterocycles. The summed E-state index contributed by atoms with van der Waals surface area (Å²) in [7, 11) is 0. The van der Waals surface area contributed by atoms with Crippen LogP contribution < -0.4 is 0 Å². The first kappa shape index (κ1) is 8.06. The van der Waals surface area contributed by atoms with Crippen LogP contribution in [0.3, 0.4) is 0 Å². The van der Waals surface area contributed by atoms with E-state index in [4.69, 9.17) is 4.74 Å². The molecule has 1 saturated heterocycles. The summed E-state index contributed by atoms with van der Waals surface area (Å²) in [5.74, 6) is 0. The molecule has 1 aliphatic rings. The molecule has 0 aliphatic carbocycles. The summed E-state index contributed by atoms with van der Waals surface area (Å²) in [6.45, 7) is 7.50. The highest BCUT2D eigenvalue weighted by Gasteiger charge is 2.26. The third-order valence-electron chi connectivity index (χ3n) is 1.89. The molecule has 0 spiro atoms. The molecule has 0 aromatic rings. The molecule has 2 radical (unpaired) electrons. The molecule has 0 N–H and O–H groups in total. The van der Waals surface area contributed by atoms with Crippen molar-refractivity contribution in [2.75, 3.05) is 6.61 Å². The van der Waals surface area contributed by atoms with E-state index in [9.17, 15) is 0 Å². The average Bonchev–Trinajstić information content (AvgIpc) is 1.88. The molecule has 1 nitrogen and oxygen atoms in total. The highest BCUT2D eigenvalue weighted by molar-refractivity contribution is 4.83. The van der Waals surface area contributed by atoms with Crippen LogP contribution in [0.25, 0.3) is 0 Å². The summed E-state index contributed by atoms with van der Waals surface area (Å²) in [6, 6.07) is 0. The zero-order chi connectivity index (χ0) is 7.61. The van der Waals surface area contributed by atoms with E-state index in [2.05, 4.69) is 27.2 Å². The second kappa shape index (κ2) is 2.91. The first-order chi connectivity index (χ1) is 4.61. The van der Waals surface area contributed by atoms with Crippen LogP contribution in [-0.4, -0.2) is 12.7 Å². The van der Waals surface area contributed by atoms with Crippen molar-refractivity contribution in [3.63, 3.8) is 0 Å². The lowest BCUT2D eigenvalue weighted by Crippen LogP contribution is -2.32. The fourth-order valence-electron chi connectivity index (χ4n) is 1.12. The van der Waals surface area contributed by atoms with E-state index < -0.39 is 0 Å². The number of rotatable bonds is 0. The fraction of sp³-hybridized carbons (Fsp3) is 0.889. The first-order valence-corrected chi connectivity index (χ1v) is 3.93. The summed E-state index contributed by atoms with van der Waals surface area (Å²) < 4.78 is 5.58. The Kier molecular flexibility index (Phi) is 2.35. The van der Waals surface area contributed by atoms with Crippen LogP contribution in [-0.2, 0) is 4.74 Å². The van der Waals surface area contributed by atoms with Crippen molar-refractivity contribution >= 4 is 0 Å². The molecule has 1 heterocycles. The Morgan fingerprint density at radius 1 is 1.40 bits per heavy atom. The van der Waals surface area contributed by atoms with E-state index in [-0.39, 0.29) is 5.41 Å². The van der Waals surface area contributed by atoms with Crippen LogP contribution in [0.2, 0.25) is 0 Å². The van der Waals surface area contributed by atoms with Gasteiger partial charge in [0.1, 0.15) is 0 Å². The van der Waals surface area contributed by atoms with Gasteiger partial charge < -0.3 is 4.74 Å². The Bertz CT molecular complexity index is 95.8. The van der Waals surface area contributed by atoms with Gasteiger partial charge in [-0.05, 0) is 24.7 Å². The largest absolute Gasteiger partial charge is 0.378 e. The second-order valence-electron chi connectivity index (χ2n) is 3.93. The summed E-state index contributed by atoms with van der Waals surface area (Å²) in [5, 5.41) is 0. The third kappa shape index (κ3) is 1.98. The van der Waals surface area contributed by atoms with Gasteiger partial charge in [0.2, 0.25) is 0 Å². The van der Waals surface area contributed by atoms with Gasteiger partial charge in [0, 0.05) is 6.61 Å². The predicted octanol–water partition coefficient (Wildman–Crippen LogP) is 2.29. The lowest BCUT2D eigenvalue weighted by atomic mass is 9.85. The van der Waals surface area contributed by atoms with E-state index in [1.54, 1.807) is 0 Å². The Hall–Kier alpha value is -0.0400. The molecule has 1 atom stereocenters. The van der Waals surface area contributed by atoms with Gasteiger partial charge in [0.15, 0.2) is 0 Å². The molecule has 0 aromatic carbocycles. The van der Waals surface area contributed by atoms with Crippen LogP contribution in [0.4, 0.5) is 0 Å². The molecule has 1 unspecified atom stereocenters. The topological polar surface area (TPSA) is 9.23 Å². The molecular formula is C9H16O. The predicted molar refractivity (Wildman–Crippen MR) is 41.7 cm³/mol. The quantitative estimate of drug-likeness (QED) is 0.501. The van der Waals surface area contributed by atoms with E-state index in [1.165, 1.54) is 0 Å². The van der Waals surface area contributed by atoms with Crippen LogP contribution in [0.15, 0.2) is 0 Å². The van der Waals surface area contributed by atoms with Crippen LogP contribution in [0.1, 0.15) is 33.6 Å². The van der Waals surface area contributed by atoms with Crippen LogP contribution >= 0.6 is 0 Å². The normalized spacial score (nSPS) is 28.5. The third-order valence-corrected chi connectivity index (χ3v) is 1.89. The zero-order valence-electron chi connectivity index (χ0n) is 7.11. The van der Waals surface area contributed by atoms with Crippen molar-refractivity contribution < 1.29 is 4.74 Å². The molecule has 10 heavy (non-hydrogen) atoms. The van der Waals surface area contributed by atoms with Gasteiger partial charge in [-0.1, -0.05) is 20.8 Å². The molecule has 58 valence electrons. The lowest BCUT2D eigenvalue weighted by Gasteiger charge is -2.33. The number of hydrogen-bond acceptors (Lipinski definition) is 1. The van der Waals surface area contributed by atoms with Crippen molar-refractivity contribution in [1.29, 1.82) is 0 Å². The van der Waals surface area contributed by atoms with E-state index in [1.807, 2.05) is 0 Å². The maximum atomic E-state index is 5.58. The molecular weight excluding hydrogens is 124 g/mol. The molecule has 0 saturated carbocycles. The van der Waals surface area contributed by atoms with Crippen molar-refractivity contribution in [2.24, 2.45) is 5.41 Å². The minimum atomic E-state index is 0.285. The highest BCUT2D eigenvalue weighted by atomic mass is 16.5. The molecule has 1 rings (SSSR count). The number of hydrogen-bond donors (Lipinski definition) is 0. The van der Waals surface area contributed by atoms with Crippen molar-refractivity contribution in [1.82, 2.24) is 0 Å². The van der Waals surface area contributed by atoms with E-state index in [0.29, 0.717) is 6.10 Å². The molecule has 0 amide bonds. The van der Waals surface area contributed by atoms with Crippen molar-refractivity contribution in [2.45, 2.75) is 39.7 Å². The van der Waals surface area contributed by atoms with Crippen molar-refractivity contribution in [3.05, 3.63) is 6.42 Å². The Labute approximate surface area is 63.8 Å². The van der Waals surface area contributed by atoms with Crippen molar-refractivity contribution in [3.8, 4) is 0 Å². The van der Waals surface area contributed by atoms with Gasteiger partial charge in [-0.3, -0.25) is 0 Å². The zero-order valence-corrected chi connectivity index (χ0v) is 7.11. The lowest BCUT2D eigenvalue weighted by molar-refractivity contribution is -0.0330. The maximum Gasteiger partial charge on any atom is 0.0629 e. The van der Waals surface area contributed by atoms with Crippen LogP contribution in [0, 0.1) is 11.8 Å². The first-order valence-electron chi connectivity index (χ1n) is 3.93. The summed E-state index contributed by atoms with van der Waals surface area (Å²) >= 11 is 0. The molecule has 1 heteroatoms. The second-order valence-corrected chi connectivity index (χ2v) is 3.93. The standard InChI is InChI=1S/C9H16O/c1-9(2,3)8-6-4-5-7-10-8/h8H,5-7H2,1-3H3. The van der Waals surface area contributed by atoms with Gasteiger partial charge in [-0.2, -0.15) is 0 Å². The summed E-state index contributed by atoms with van der Waals surface area (Å²) in [4.78, 5) is 0. The van der Waals surface area contributed by atoms with Gasteiger partial charge in [-0.15, -0.1) is 0 Å². The fourth-order valence-corrected chi connectivity index (χ4v) is 1.12. The maximum absolute atomic E-state index is 5.58. The smallest absolute Gasteiger partial charge is 0.0629 e. The highest BCUT2D eigenvalue weighted by Crippen LogP contribution is 2.28. The molecule has 1 fully saturated rings. The SMILES string of the molecule is CC(C)(C)C1C[C]CCO1. The van der Waals surface area contributed by atoms with Gasteiger partial charge >= 0.3 is 0 Å². The molecule has 0 bridgehead atoms. The minimum Gasteiger partial charge on any atom is -0.378 e. The van der Waals surface area contributed by atoms with E-state index >= 15 is 0 Å². The monoisotopic (exact) mass is 140 g/mol. The Morgan fingerprint density at radius 2 is 2.10 bits per heavy atom. The number of ether oxygens (including phenoxy) is 1. The average molecular weight is 140 g/mol. The minimum absolute atomic E-state index is 0.285. The Morgan fingerprint density at radius 3 is 2.40 bits per heavy atom. The van der Waals surface area contributed by atoms with E-state index in [0.717, 1.165) is 19.4 Å².